The number of hydrogen-bond acceptors (Lipinski definition) is 7. The molecule has 4 bridgehead atoms. The fourth-order valence-corrected chi connectivity index (χ4v) is 5.42. The largest absolute Gasteiger partial charge is 0.390 e. The Balaban J connectivity index is 1.73. The number of carbonyl (C=O) groups is 1. The van der Waals surface area contributed by atoms with Crippen molar-refractivity contribution in [3.8, 4) is 0 Å². The minimum Gasteiger partial charge on any atom is -0.390 e. The van der Waals surface area contributed by atoms with E-state index >= 15 is 0 Å². The Kier molecular flexibility index (Phi) is 3.40. The van der Waals surface area contributed by atoms with Crippen molar-refractivity contribution in [2.45, 2.75) is 43.7 Å². The van der Waals surface area contributed by atoms with Crippen molar-refractivity contribution in [3.63, 3.8) is 0 Å². The summed E-state index contributed by atoms with van der Waals surface area (Å²) in [5.41, 5.74) is 10.1. The van der Waals surface area contributed by atoms with Gasteiger partial charge >= 0.3 is 5.69 Å². The molecule has 1 heterocycles. The van der Waals surface area contributed by atoms with Crippen LogP contribution in [0.25, 0.3) is 0 Å². The Bertz CT molecular complexity index is 751. The van der Waals surface area contributed by atoms with Crippen molar-refractivity contribution < 1.29 is 14.8 Å². The molecule has 0 aromatic carbocycles. The second-order valence-corrected chi connectivity index (χ2v) is 7.77. The molecule has 9 heteroatoms. The minimum absolute atomic E-state index is 0.0339. The monoisotopic (exact) mass is 347 g/mol. The molecule has 0 aliphatic heterocycles. The predicted octanol–water partition coefficient (Wildman–Crippen LogP) is 1.02. The van der Waals surface area contributed by atoms with Crippen LogP contribution < -0.4 is 16.8 Å². The summed E-state index contributed by atoms with van der Waals surface area (Å²) in [6.45, 7) is 0. The van der Waals surface area contributed by atoms with E-state index in [4.69, 9.17) is 11.5 Å². The number of rotatable bonds is 4. The zero-order valence-corrected chi connectivity index (χ0v) is 13.6. The van der Waals surface area contributed by atoms with Gasteiger partial charge in [0.1, 0.15) is 5.69 Å². The Hall–Kier alpha value is -2.42. The molecule has 4 aliphatic rings. The summed E-state index contributed by atoms with van der Waals surface area (Å²) >= 11 is 0. The molecule has 1 amide bonds. The van der Waals surface area contributed by atoms with Crippen molar-refractivity contribution in [3.05, 3.63) is 21.9 Å². The van der Waals surface area contributed by atoms with E-state index in [1.54, 1.807) is 0 Å². The van der Waals surface area contributed by atoms with Gasteiger partial charge in [0.15, 0.2) is 0 Å². The number of nitrogens with one attached hydrogen (secondary N) is 1. The predicted molar refractivity (Wildman–Crippen MR) is 89.7 cm³/mol. The molecule has 0 radical (unpaired) electrons. The highest BCUT2D eigenvalue weighted by molar-refractivity contribution is 6.01. The van der Waals surface area contributed by atoms with E-state index in [1.807, 2.05) is 0 Å². The zero-order valence-electron chi connectivity index (χ0n) is 13.6. The maximum absolute atomic E-state index is 11.7. The number of aliphatic hydroxyl groups is 1. The maximum Gasteiger partial charge on any atom is 0.334 e. The van der Waals surface area contributed by atoms with Gasteiger partial charge in [-0.25, -0.2) is 4.98 Å². The van der Waals surface area contributed by atoms with E-state index in [0.717, 1.165) is 19.3 Å². The van der Waals surface area contributed by atoms with Gasteiger partial charge in [0, 0.05) is 12.2 Å². The average molecular weight is 347 g/mol. The first-order valence-electron chi connectivity index (χ1n) is 8.49. The zero-order chi connectivity index (χ0) is 17.9. The summed E-state index contributed by atoms with van der Waals surface area (Å²) < 4.78 is 0. The quantitative estimate of drug-likeness (QED) is 0.467. The molecule has 4 saturated carbocycles. The van der Waals surface area contributed by atoms with Crippen LogP contribution in [0.15, 0.2) is 6.20 Å². The lowest BCUT2D eigenvalue weighted by Crippen LogP contribution is -2.59. The lowest BCUT2D eigenvalue weighted by Gasteiger charge is -2.58. The summed E-state index contributed by atoms with van der Waals surface area (Å²) in [5.74, 6) is -0.105. The first-order chi connectivity index (χ1) is 11.8. The summed E-state index contributed by atoms with van der Waals surface area (Å²) in [7, 11) is 0. The molecule has 25 heavy (non-hydrogen) atoms. The number of nitrogens with zero attached hydrogens (tertiary/aromatic N) is 2. The van der Waals surface area contributed by atoms with E-state index in [1.165, 1.54) is 6.20 Å². The second kappa shape index (κ2) is 5.29. The number of nitro groups is 1. The maximum atomic E-state index is 11.7. The van der Waals surface area contributed by atoms with Gasteiger partial charge in [-0.2, -0.15) is 0 Å². The standard InChI is InChI=1S/C16H21N5O4/c17-14-13(21(24)25)12(10(6-19-14)15(18)22)20-11-8-1-7-2-9(11)5-16(23,3-7)4-8/h6-9,11,23H,1-5H2,(H2,18,22)(H3,17,19,20). The number of anilines is 2. The molecular formula is C16H21N5O4. The van der Waals surface area contributed by atoms with Crippen LogP contribution in [-0.2, 0) is 0 Å². The van der Waals surface area contributed by atoms with E-state index in [0.29, 0.717) is 18.8 Å². The van der Waals surface area contributed by atoms with Gasteiger partial charge in [-0.1, -0.05) is 0 Å². The van der Waals surface area contributed by atoms with Gasteiger partial charge in [-0.15, -0.1) is 0 Å². The second-order valence-electron chi connectivity index (χ2n) is 7.77. The number of amides is 1. The molecule has 2 atom stereocenters. The Morgan fingerprint density at radius 2 is 2.00 bits per heavy atom. The van der Waals surface area contributed by atoms with Crippen LogP contribution in [0.4, 0.5) is 17.2 Å². The summed E-state index contributed by atoms with van der Waals surface area (Å²) in [6, 6.07) is -0.0459. The van der Waals surface area contributed by atoms with Gasteiger partial charge in [-0.3, -0.25) is 14.9 Å². The molecule has 4 fully saturated rings. The van der Waals surface area contributed by atoms with Crippen molar-refractivity contribution in [2.75, 3.05) is 11.1 Å². The summed E-state index contributed by atoms with van der Waals surface area (Å²) in [5, 5.41) is 25.4. The Labute approximate surface area is 143 Å². The molecule has 0 spiro atoms. The summed E-state index contributed by atoms with van der Waals surface area (Å²) in [6.07, 6.45) is 5.35. The van der Waals surface area contributed by atoms with Crippen LogP contribution >= 0.6 is 0 Å². The number of aromatic nitrogens is 1. The van der Waals surface area contributed by atoms with Crippen LogP contribution in [-0.4, -0.2) is 32.6 Å². The molecule has 4 aliphatic carbocycles. The number of primary amides is 1. The third-order valence-corrected chi connectivity index (χ3v) is 6.08. The third-order valence-electron chi connectivity index (χ3n) is 6.08. The molecule has 6 N–H and O–H groups in total. The van der Waals surface area contributed by atoms with Crippen molar-refractivity contribution in [1.82, 2.24) is 4.98 Å². The van der Waals surface area contributed by atoms with Crippen molar-refractivity contribution in [2.24, 2.45) is 23.5 Å². The van der Waals surface area contributed by atoms with Gasteiger partial charge < -0.3 is 21.9 Å². The first kappa shape index (κ1) is 16.1. The van der Waals surface area contributed by atoms with E-state index in [-0.39, 0.29) is 34.9 Å². The Morgan fingerprint density at radius 1 is 1.36 bits per heavy atom. The molecular weight excluding hydrogens is 326 g/mol. The number of nitrogens with two attached hydrogens (primary N) is 2. The van der Waals surface area contributed by atoms with E-state index < -0.39 is 22.1 Å². The minimum atomic E-state index is -0.791. The fraction of sp³-hybridized carbons (Fsp3) is 0.625. The summed E-state index contributed by atoms with van der Waals surface area (Å²) in [4.78, 5) is 26.3. The highest BCUT2D eigenvalue weighted by atomic mass is 16.6. The molecule has 5 rings (SSSR count). The van der Waals surface area contributed by atoms with Crippen LogP contribution in [0.5, 0.6) is 0 Å². The van der Waals surface area contributed by atoms with Gasteiger partial charge in [0.05, 0.1) is 16.1 Å². The topological polar surface area (TPSA) is 157 Å². The third kappa shape index (κ3) is 2.50. The van der Waals surface area contributed by atoms with Crippen molar-refractivity contribution >= 4 is 23.1 Å². The van der Waals surface area contributed by atoms with Gasteiger partial charge in [0.2, 0.25) is 5.82 Å². The van der Waals surface area contributed by atoms with Crippen LogP contribution in [0.2, 0.25) is 0 Å². The molecule has 2 unspecified atom stereocenters. The fourth-order valence-electron chi connectivity index (χ4n) is 5.42. The highest BCUT2D eigenvalue weighted by Gasteiger charge is 2.55. The molecule has 0 saturated heterocycles. The lowest BCUT2D eigenvalue weighted by atomic mass is 9.52. The Morgan fingerprint density at radius 3 is 2.52 bits per heavy atom. The van der Waals surface area contributed by atoms with E-state index in [9.17, 15) is 20.0 Å². The molecule has 9 nitrogen and oxygen atoms in total. The van der Waals surface area contributed by atoms with E-state index in [2.05, 4.69) is 10.3 Å². The smallest absolute Gasteiger partial charge is 0.334 e. The van der Waals surface area contributed by atoms with Crippen LogP contribution in [0, 0.1) is 27.9 Å². The lowest BCUT2D eigenvalue weighted by molar-refractivity contribution is -0.383. The molecule has 1 aromatic rings. The number of pyridine rings is 1. The number of carbonyl (C=O) groups excluding carboxylic acids is 1. The van der Waals surface area contributed by atoms with Crippen molar-refractivity contribution in [1.29, 1.82) is 0 Å². The normalized spacial score (nSPS) is 35.6. The highest BCUT2D eigenvalue weighted by Crippen LogP contribution is 2.56. The number of hydrogen-bond donors (Lipinski definition) is 4. The number of nitrogen functional groups attached to an aromatic ring is 1. The van der Waals surface area contributed by atoms with Crippen LogP contribution in [0.3, 0.4) is 0 Å². The molecule has 134 valence electrons. The molecule has 1 aromatic heterocycles. The van der Waals surface area contributed by atoms with Gasteiger partial charge in [-0.05, 0) is 49.9 Å². The van der Waals surface area contributed by atoms with Crippen LogP contribution in [0.1, 0.15) is 42.5 Å². The average Bonchev–Trinajstić information content (AvgIpc) is 2.48. The SMILES string of the molecule is NC(=O)c1cnc(N)c([N+](=O)[O-])c1NC1C2CC3CC1CC(O)(C3)C2. The first-order valence-corrected chi connectivity index (χ1v) is 8.49. The van der Waals surface area contributed by atoms with Gasteiger partial charge in [0.25, 0.3) is 5.91 Å².